The lowest BCUT2D eigenvalue weighted by Crippen LogP contribution is -2.36. The Morgan fingerprint density at radius 2 is 2.10 bits per heavy atom. The van der Waals surface area contributed by atoms with Crippen molar-refractivity contribution in [3.05, 3.63) is 23.4 Å². The predicted molar refractivity (Wildman–Crippen MR) is 83.5 cm³/mol. The zero-order chi connectivity index (χ0) is 14.7. The van der Waals surface area contributed by atoms with Gasteiger partial charge in [-0.3, -0.25) is 5.41 Å². The maximum absolute atomic E-state index is 7.69. The molecule has 0 saturated carbocycles. The number of piperidine rings is 1. The molecule has 1 fully saturated rings. The summed E-state index contributed by atoms with van der Waals surface area (Å²) in [5, 5.41) is 7.69. The summed E-state index contributed by atoms with van der Waals surface area (Å²) in [7, 11) is 4.22. The van der Waals surface area contributed by atoms with Crippen LogP contribution in [0.25, 0.3) is 0 Å². The maximum Gasteiger partial charge on any atom is 0.139 e. The lowest BCUT2D eigenvalue weighted by Gasteiger charge is -2.32. The Bertz CT molecular complexity index is 477. The molecule has 1 aromatic heterocycles. The van der Waals surface area contributed by atoms with Gasteiger partial charge in [-0.1, -0.05) is 0 Å². The minimum absolute atomic E-state index is 0.0859. The highest BCUT2D eigenvalue weighted by Gasteiger charge is 2.20. The van der Waals surface area contributed by atoms with Gasteiger partial charge in [0.15, 0.2) is 0 Å². The summed E-state index contributed by atoms with van der Waals surface area (Å²) in [4.78, 5) is 9.10. The third-order valence-corrected chi connectivity index (χ3v) is 4.04. The van der Waals surface area contributed by atoms with E-state index in [1.54, 1.807) is 0 Å². The fourth-order valence-corrected chi connectivity index (χ4v) is 2.76. The largest absolute Gasteiger partial charge is 0.384 e. The van der Waals surface area contributed by atoms with Gasteiger partial charge in [0, 0.05) is 19.3 Å². The quantitative estimate of drug-likeness (QED) is 0.644. The molecule has 2 heterocycles. The SMILES string of the molecule is Cc1ccc(C(=N)N)c(N(C)CC2CCN(C)CC2)n1. The van der Waals surface area contributed by atoms with Crippen LogP contribution in [-0.4, -0.2) is 49.4 Å². The highest BCUT2D eigenvalue weighted by atomic mass is 15.2. The van der Waals surface area contributed by atoms with Crippen LogP contribution in [0.5, 0.6) is 0 Å². The van der Waals surface area contributed by atoms with E-state index < -0.39 is 0 Å². The van der Waals surface area contributed by atoms with Crippen LogP contribution in [0.3, 0.4) is 0 Å². The van der Waals surface area contributed by atoms with Crippen LogP contribution in [0.1, 0.15) is 24.1 Å². The van der Waals surface area contributed by atoms with Crippen molar-refractivity contribution in [1.29, 1.82) is 5.41 Å². The molecule has 1 aliphatic rings. The fourth-order valence-electron chi connectivity index (χ4n) is 2.76. The molecule has 0 spiro atoms. The average Bonchev–Trinajstić information content (AvgIpc) is 2.41. The molecule has 110 valence electrons. The highest BCUT2D eigenvalue weighted by molar-refractivity contribution is 5.99. The van der Waals surface area contributed by atoms with Crippen molar-refractivity contribution in [2.24, 2.45) is 11.7 Å². The van der Waals surface area contributed by atoms with Crippen molar-refractivity contribution in [2.45, 2.75) is 19.8 Å². The maximum atomic E-state index is 7.69. The van der Waals surface area contributed by atoms with Gasteiger partial charge in [0.05, 0.1) is 5.56 Å². The molecule has 5 nitrogen and oxygen atoms in total. The Kier molecular flexibility index (Phi) is 4.60. The van der Waals surface area contributed by atoms with E-state index in [9.17, 15) is 0 Å². The number of nitrogens with two attached hydrogens (primary N) is 1. The van der Waals surface area contributed by atoms with Crippen molar-refractivity contribution in [3.8, 4) is 0 Å². The first kappa shape index (κ1) is 14.8. The minimum Gasteiger partial charge on any atom is -0.384 e. The number of nitrogens with one attached hydrogen (secondary N) is 1. The Balaban J connectivity index is 2.10. The molecule has 3 N–H and O–H groups in total. The number of nitrogen functional groups attached to an aromatic ring is 1. The van der Waals surface area contributed by atoms with Gasteiger partial charge >= 0.3 is 0 Å². The molecule has 2 rings (SSSR count). The molecule has 1 aromatic rings. The molecule has 0 bridgehead atoms. The van der Waals surface area contributed by atoms with Gasteiger partial charge in [-0.15, -0.1) is 0 Å². The molecule has 0 amide bonds. The first-order valence-corrected chi connectivity index (χ1v) is 7.19. The number of pyridine rings is 1. The van der Waals surface area contributed by atoms with E-state index in [1.807, 2.05) is 26.1 Å². The fraction of sp³-hybridized carbons (Fsp3) is 0.600. The van der Waals surface area contributed by atoms with Gasteiger partial charge in [-0.2, -0.15) is 0 Å². The van der Waals surface area contributed by atoms with E-state index >= 15 is 0 Å². The van der Waals surface area contributed by atoms with Crippen LogP contribution in [0.15, 0.2) is 12.1 Å². The third-order valence-electron chi connectivity index (χ3n) is 4.04. The van der Waals surface area contributed by atoms with Crippen LogP contribution in [-0.2, 0) is 0 Å². The van der Waals surface area contributed by atoms with Crippen molar-refractivity contribution in [2.75, 3.05) is 38.6 Å². The second-order valence-corrected chi connectivity index (χ2v) is 5.86. The van der Waals surface area contributed by atoms with E-state index in [0.29, 0.717) is 5.92 Å². The summed E-state index contributed by atoms with van der Waals surface area (Å²) >= 11 is 0. The summed E-state index contributed by atoms with van der Waals surface area (Å²) in [6.07, 6.45) is 2.45. The summed E-state index contributed by atoms with van der Waals surface area (Å²) in [5.41, 5.74) is 7.35. The number of aryl methyl sites for hydroxylation is 1. The van der Waals surface area contributed by atoms with Crippen molar-refractivity contribution < 1.29 is 0 Å². The Hall–Kier alpha value is -1.62. The zero-order valence-electron chi connectivity index (χ0n) is 12.7. The van der Waals surface area contributed by atoms with Gasteiger partial charge in [-0.05, 0) is 58.0 Å². The second kappa shape index (κ2) is 6.22. The van der Waals surface area contributed by atoms with Crippen LogP contribution in [0.4, 0.5) is 5.82 Å². The monoisotopic (exact) mass is 275 g/mol. The molecular formula is C15H25N5. The van der Waals surface area contributed by atoms with Crippen LogP contribution < -0.4 is 10.6 Å². The van der Waals surface area contributed by atoms with E-state index in [2.05, 4.69) is 21.8 Å². The molecule has 5 heteroatoms. The van der Waals surface area contributed by atoms with Gasteiger partial charge in [0.1, 0.15) is 11.7 Å². The molecule has 1 saturated heterocycles. The van der Waals surface area contributed by atoms with E-state index in [1.165, 1.54) is 25.9 Å². The molecule has 20 heavy (non-hydrogen) atoms. The molecule has 0 atom stereocenters. The van der Waals surface area contributed by atoms with Crippen molar-refractivity contribution >= 4 is 11.7 Å². The van der Waals surface area contributed by atoms with Gasteiger partial charge < -0.3 is 15.5 Å². The number of hydrogen-bond donors (Lipinski definition) is 2. The van der Waals surface area contributed by atoms with Crippen molar-refractivity contribution in [3.63, 3.8) is 0 Å². The first-order chi connectivity index (χ1) is 9.47. The Morgan fingerprint density at radius 1 is 1.45 bits per heavy atom. The van der Waals surface area contributed by atoms with E-state index in [0.717, 1.165) is 23.6 Å². The number of amidine groups is 1. The van der Waals surface area contributed by atoms with Crippen LogP contribution in [0, 0.1) is 18.3 Å². The topological polar surface area (TPSA) is 69.2 Å². The Labute approximate surface area is 121 Å². The summed E-state index contributed by atoms with van der Waals surface area (Å²) in [6, 6.07) is 3.80. The van der Waals surface area contributed by atoms with E-state index in [-0.39, 0.29) is 5.84 Å². The number of rotatable bonds is 4. The van der Waals surface area contributed by atoms with E-state index in [4.69, 9.17) is 11.1 Å². The molecule has 0 radical (unpaired) electrons. The predicted octanol–water partition coefficient (Wildman–Crippen LogP) is 1.45. The number of anilines is 1. The molecule has 0 unspecified atom stereocenters. The van der Waals surface area contributed by atoms with Gasteiger partial charge in [0.25, 0.3) is 0 Å². The molecule has 0 aliphatic carbocycles. The number of aromatic nitrogens is 1. The third kappa shape index (κ3) is 3.48. The van der Waals surface area contributed by atoms with Gasteiger partial charge in [-0.25, -0.2) is 4.98 Å². The zero-order valence-corrected chi connectivity index (χ0v) is 12.7. The normalized spacial score (nSPS) is 17.1. The van der Waals surface area contributed by atoms with Crippen molar-refractivity contribution in [1.82, 2.24) is 9.88 Å². The average molecular weight is 275 g/mol. The summed E-state index contributed by atoms with van der Waals surface area (Å²) in [5.74, 6) is 1.61. The minimum atomic E-state index is 0.0859. The summed E-state index contributed by atoms with van der Waals surface area (Å²) in [6.45, 7) is 5.28. The van der Waals surface area contributed by atoms with Crippen LogP contribution >= 0.6 is 0 Å². The van der Waals surface area contributed by atoms with Crippen LogP contribution in [0.2, 0.25) is 0 Å². The smallest absolute Gasteiger partial charge is 0.139 e. The lowest BCUT2D eigenvalue weighted by molar-refractivity contribution is 0.222. The number of nitrogens with zero attached hydrogens (tertiary/aromatic N) is 3. The lowest BCUT2D eigenvalue weighted by atomic mass is 9.96. The highest BCUT2D eigenvalue weighted by Crippen LogP contribution is 2.22. The number of likely N-dealkylation sites (tertiary alicyclic amines) is 1. The second-order valence-electron chi connectivity index (χ2n) is 5.86. The Morgan fingerprint density at radius 3 is 2.70 bits per heavy atom. The first-order valence-electron chi connectivity index (χ1n) is 7.19. The summed E-state index contributed by atoms with van der Waals surface area (Å²) < 4.78 is 0. The standard InChI is InChI=1S/C15H25N5/c1-11-4-5-13(14(16)17)15(18-11)20(3)10-12-6-8-19(2)9-7-12/h4-5,12H,6-10H2,1-3H3,(H3,16,17). The number of hydrogen-bond acceptors (Lipinski definition) is 4. The van der Waals surface area contributed by atoms with Gasteiger partial charge in [0.2, 0.25) is 0 Å². The molecular weight excluding hydrogens is 250 g/mol. The molecule has 0 aromatic carbocycles. The molecule has 1 aliphatic heterocycles.